The molecule has 1 aromatic rings. The van der Waals surface area contributed by atoms with Gasteiger partial charge in [0, 0.05) is 18.8 Å². The van der Waals surface area contributed by atoms with E-state index in [9.17, 15) is 4.79 Å². The number of anilines is 2. The van der Waals surface area contributed by atoms with Crippen LogP contribution in [0.2, 0.25) is 5.02 Å². The highest BCUT2D eigenvalue weighted by Gasteiger charge is 2.30. The number of halogens is 1. The summed E-state index contributed by atoms with van der Waals surface area (Å²) < 4.78 is 5.05. The van der Waals surface area contributed by atoms with Gasteiger partial charge in [-0.15, -0.1) is 0 Å². The van der Waals surface area contributed by atoms with E-state index in [-0.39, 0.29) is 5.97 Å². The Morgan fingerprint density at radius 1 is 1.56 bits per heavy atom. The van der Waals surface area contributed by atoms with E-state index >= 15 is 0 Å². The van der Waals surface area contributed by atoms with Crippen molar-refractivity contribution in [1.29, 1.82) is 0 Å². The topological polar surface area (TPSA) is 55.6 Å². The SMILES string of the molecule is CCOC(=O)c1cc(N)cc(Cl)c1N(C)C1CC1. The number of carbonyl (C=O) groups excluding carboxylic acids is 1. The molecule has 2 N–H and O–H groups in total. The first kappa shape index (κ1) is 13.0. The van der Waals surface area contributed by atoms with Gasteiger partial charge in [0.1, 0.15) is 0 Å². The van der Waals surface area contributed by atoms with Crippen molar-refractivity contribution in [1.82, 2.24) is 0 Å². The molecule has 18 heavy (non-hydrogen) atoms. The smallest absolute Gasteiger partial charge is 0.340 e. The van der Waals surface area contributed by atoms with Crippen LogP contribution < -0.4 is 10.6 Å². The second-order valence-electron chi connectivity index (χ2n) is 4.46. The van der Waals surface area contributed by atoms with Gasteiger partial charge < -0.3 is 15.4 Å². The van der Waals surface area contributed by atoms with Gasteiger partial charge in [0.15, 0.2) is 0 Å². The normalized spacial score (nSPS) is 14.4. The molecule has 1 saturated carbocycles. The second kappa shape index (κ2) is 5.06. The number of hydrogen-bond donors (Lipinski definition) is 1. The Morgan fingerprint density at radius 2 is 2.22 bits per heavy atom. The maximum absolute atomic E-state index is 12.0. The van der Waals surface area contributed by atoms with Gasteiger partial charge in [0.25, 0.3) is 0 Å². The van der Waals surface area contributed by atoms with Gasteiger partial charge in [0.2, 0.25) is 0 Å². The van der Waals surface area contributed by atoms with Gasteiger partial charge in [-0.25, -0.2) is 4.79 Å². The van der Waals surface area contributed by atoms with Crippen molar-refractivity contribution in [3.63, 3.8) is 0 Å². The highest BCUT2D eigenvalue weighted by molar-refractivity contribution is 6.34. The van der Waals surface area contributed by atoms with Gasteiger partial charge in [0.05, 0.1) is 22.9 Å². The van der Waals surface area contributed by atoms with Crippen LogP contribution in [0, 0.1) is 0 Å². The van der Waals surface area contributed by atoms with Crippen LogP contribution in [0.5, 0.6) is 0 Å². The molecule has 0 aromatic heterocycles. The van der Waals surface area contributed by atoms with Gasteiger partial charge in [-0.3, -0.25) is 0 Å². The van der Waals surface area contributed by atoms with Crippen LogP contribution in [0.15, 0.2) is 12.1 Å². The van der Waals surface area contributed by atoms with Crippen LogP contribution >= 0.6 is 11.6 Å². The number of carbonyl (C=O) groups is 1. The third-order valence-corrected chi connectivity index (χ3v) is 3.32. The maximum atomic E-state index is 12.0. The first-order valence-electron chi connectivity index (χ1n) is 6.03. The molecule has 0 spiro atoms. The number of benzene rings is 1. The van der Waals surface area contributed by atoms with Crippen LogP contribution in [0.1, 0.15) is 30.1 Å². The lowest BCUT2D eigenvalue weighted by Crippen LogP contribution is -2.23. The molecule has 0 saturated heterocycles. The van der Waals surface area contributed by atoms with E-state index < -0.39 is 0 Å². The minimum absolute atomic E-state index is 0.331. The van der Waals surface area contributed by atoms with Crippen molar-refractivity contribution in [2.75, 3.05) is 24.3 Å². The van der Waals surface area contributed by atoms with Crippen molar-refractivity contribution in [3.8, 4) is 0 Å². The molecule has 1 aliphatic carbocycles. The first-order valence-corrected chi connectivity index (χ1v) is 6.41. The molecule has 0 radical (unpaired) electrons. The minimum atomic E-state index is -0.380. The maximum Gasteiger partial charge on any atom is 0.340 e. The number of nitrogen functional groups attached to an aromatic ring is 1. The fraction of sp³-hybridized carbons (Fsp3) is 0.462. The molecule has 2 rings (SSSR count). The molecule has 0 bridgehead atoms. The van der Waals surface area contributed by atoms with Crippen molar-refractivity contribution in [3.05, 3.63) is 22.7 Å². The number of esters is 1. The van der Waals surface area contributed by atoms with E-state index in [1.165, 1.54) is 0 Å². The van der Waals surface area contributed by atoms with Crippen molar-refractivity contribution < 1.29 is 9.53 Å². The molecular weight excluding hydrogens is 252 g/mol. The molecule has 5 heteroatoms. The highest BCUT2D eigenvalue weighted by atomic mass is 35.5. The third-order valence-electron chi connectivity index (χ3n) is 3.03. The van der Waals surface area contributed by atoms with Crippen LogP contribution in [-0.4, -0.2) is 25.7 Å². The van der Waals surface area contributed by atoms with Gasteiger partial charge >= 0.3 is 5.97 Å². The number of nitrogens with two attached hydrogens (primary N) is 1. The molecule has 98 valence electrons. The Labute approximate surface area is 112 Å². The van der Waals surface area contributed by atoms with Crippen LogP contribution in [0.25, 0.3) is 0 Å². The van der Waals surface area contributed by atoms with E-state index in [0.29, 0.717) is 34.6 Å². The Balaban J connectivity index is 2.44. The molecule has 0 unspecified atom stereocenters. The van der Waals surface area contributed by atoms with E-state index in [4.69, 9.17) is 22.1 Å². The predicted octanol–water partition coefficient (Wildman–Crippen LogP) is 2.70. The molecule has 1 aromatic carbocycles. The average Bonchev–Trinajstić information content (AvgIpc) is 3.11. The molecule has 0 amide bonds. The van der Waals surface area contributed by atoms with Gasteiger partial charge in [-0.05, 0) is 31.9 Å². The number of hydrogen-bond acceptors (Lipinski definition) is 4. The summed E-state index contributed by atoms with van der Waals surface area (Å²) in [6.07, 6.45) is 2.25. The molecule has 1 fully saturated rings. The Bertz CT molecular complexity index is 472. The van der Waals surface area contributed by atoms with Crippen LogP contribution in [0.3, 0.4) is 0 Å². The van der Waals surface area contributed by atoms with Crippen molar-refractivity contribution in [2.45, 2.75) is 25.8 Å². The Morgan fingerprint density at radius 3 is 2.78 bits per heavy atom. The minimum Gasteiger partial charge on any atom is -0.462 e. The standard InChI is InChI=1S/C13H17ClN2O2/c1-3-18-13(17)10-6-8(15)7-11(14)12(10)16(2)9-4-5-9/h6-7,9H,3-5,15H2,1-2H3. The summed E-state index contributed by atoms with van der Waals surface area (Å²) in [6.45, 7) is 2.11. The summed E-state index contributed by atoms with van der Waals surface area (Å²) in [5.74, 6) is -0.380. The summed E-state index contributed by atoms with van der Waals surface area (Å²) in [6, 6.07) is 3.75. The zero-order valence-electron chi connectivity index (χ0n) is 10.6. The number of ether oxygens (including phenoxy) is 1. The zero-order valence-corrected chi connectivity index (χ0v) is 11.3. The van der Waals surface area contributed by atoms with E-state index in [1.807, 2.05) is 11.9 Å². The summed E-state index contributed by atoms with van der Waals surface area (Å²) >= 11 is 6.22. The summed E-state index contributed by atoms with van der Waals surface area (Å²) in [7, 11) is 1.94. The van der Waals surface area contributed by atoms with E-state index in [1.54, 1.807) is 19.1 Å². The lowest BCUT2D eigenvalue weighted by molar-refractivity contribution is 0.0527. The Kier molecular flexibility index (Phi) is 3.66. The van der Waals surface area contributed by atoms with Crippen molar-refractivity contribution >= 4 is 28.9 Å². The summed E-state index contributed by atoms with van der Waals surface area (Å²) in [5.41, 5.74) is 7.37. The molecule has 0 atom stereocenters. The number of nitrogens with zero attached hydrogens (tertiary/aromatic N) is 1. The summed E-state index contributed by atoms with van der Waals surface area (Å²) in [4.78, 5) is 14.0. The average molecular weight is 269 g/mol. The Hall–Kier alpha value is -1.42. The zero-order chi connectivity index (χ0) is 13.3. The van der Waals surface area contributed by atoms with Crippen LogP contribution in [0.4, 0.5) is 11.4 Å². The predicted molar refractivity (Wildman–Crippen MR) is 73.2 cm³/mol. The van der Waals surface area contributed by atoms with E-state index in [2.05, 4.69) is 0 Å². The van der Waals surface area contributed by atoms with Gasteiger partial charge in [-0.2, -0.15) is 0 Å². The largest absolute Gasteiger partial charge is 0.462 e. The van der Waals surface area contributed by atoms with Crippen LogP contribution in [-0.2, 0) is 4.74 Å². The van der Waals surface area contributed by atoms with Gasteiger partial charge in [-0.1, -0.05) is 11.6 Å². The third kappa shape index (κ3) is 2.53. The lowest BCUT2D eigenvalue weighted by atomic mass is 10.1. The van der Waals surface area contributed by atoms with Crippen molar-refractivity contribution in [2.24, 2.45) is 0 Å². The highest BCUT2D eigenvalue weighted by Crippen LogP contribution is 2.38. The second-order valence-corrected chi connectivity index (χ2v) is 4.87. The molecule has 1 aliphatic rings. The first-order chi connectivity index (χ1) is 8.54. The molecule has 0 aliphatic heterocycles. The number of rotatable bonds is 4. The fourth-order valence-electron chi connectivity index (χ4n) is 1.99. The lowest BCUT2D eigenvalue weighted by Gasteiger charge is -2.23. The quantitative estimate of drug-likeness (QED) is 0.674. The molecule has 0 heterocycles. The monoisotopic (exact) mass is 268 g/mol. The summed E-state index contributed by atoms with van der Waals surface area (Å²) in [5, 5.41) is 0.493. The fourth-order valence-corrected chi connectivity index (χ4v) is 2.35. The molecular formula is C13H17ClN2O2. The van der Waals surface area contributed by atoms with E-state index in [0.717, 1.165) is 12.8 Å². The molecule has 4 nitrogen and oxygen atoms in total.